The van der Waals surface area contributed by atoms with Crippen molar-refractivity contribution in [2.75, 3.05) is 13.7 Å². The van der Waals surface area contributed by atoms with E-state index in [4.69, 9.17) is 4.74 Å². The lowest BCUT2D eigenvalue weighted by atomic mass is 9.93. The Morgan fingerprint density at radius 2 is 1.90 bits per heavy atom. The van der Waals surface area contributed by atoms with Gasteiger partial charge in [-0.05, 0) is 25.0 Å². The summed E-state index contributed by atoms with van der Waals surface area (Å²) in [4.78, 5) is 25.1. The van der Waals surface area contributed by atoms with E-state index < -0.39 is 0 Å². The first kappa shape index (κ1) is 14.6. The number of rotatable bonds is 5. The molecule has 0 saturated heterocycles. The molecule has 4 heteroatoms. The van der Waals surface area contributed by atoms with Crippen LogP contribution in [-0.2, 0) is 9.59 Å². The average molecular weight is 275 g/mol. The normalized spacial score (nSPS) is 15.9. The fourth-order valence-electron chi connectivity index (χ4n) is 2.46. The van der Waals surface area contributed by atoms with Gasteiger partial charge in [0.1, 0.15) is 11.5 Å². The predicted molar refractivity (Wildman–Crippen MR) is 76.6 cm³/mol. The number of Topliss-reactive ketones (excluding diaryl/α,β-unsaturated/α-hetero) is 1. The molecule has 4 nitrogen and oxygen atoms in total. The van der Waals surface area contributed by atoms with Gasteiger partial charge in [-0.15, -0.1) is 0 Å². The maximum absolute atomic E-state index is 12.1. The molecule has 1 aromatic carbocycles. The van der Waals surface area contributed by atoms with Gasteiger partial charge in [0.2, 0.25) is 5.91 Å². The molecule has 0 radical (unpaired) electrons. The van der Waals surface area contributed by atoms with E-state index in [-0.39, 0.29) is 11.9 Å². The lowest BCUT2D eigenvalue weighted by Crippen LogP contribution is -2.40. The molecule has 108 valence electrons. The highest BCUT2D eigenvalue weighted by Gasteiger charge is 2.24. The summed E-state index contributed by atoms with van der Waals surface area (Å²) in [5.74, 6) is 1.18. The molecule has 0 atom stereocenters. The third-order valence-corrected chi connectivity index (χ3v) is 3.78. The van der Waals surface area contributed by atoms with Crippen molar-refractivity contribution in [1.29, 1.82) is 0 Å². The van der Waals surface area contributed by atoms with Crippen LogP contribution in [0, 0.1) is 0 Å². The van der Waals surface area contributed by atoms with Crippen LogP contribution in [-0.4, -0.2) is 36.3 Å². The highest BCUT2D eigenvalue weighted by Crippen LogP contribution is 2.20. The number of nitrogens with zero attached hydrogens (tertiary/aromatic N) is 1. The Bertz CT molecular complexity index is 448. The molecule has 1 amide bonds. The fraction of sp³-hybridized carbons (Fsp3) is 0.500. The first-order valence-corrected chi connectivity index (χ1v) is 7.12. The molecule has 1 aliphatic rings. The number of hydrogen-bond donors (Lipinski definition) is 0. The van der Waals surface area contributed by atoms with Gasteiger partial charge < -0.3 is 9.64 Å². The van der Waals surface area contributed by atoms with Crippen molar-refractivity contribution in [3.05, 3.63) is 30.3 Å². The fourth-order valence-corrected chi connectivity index (χ4v) is 2.46. The summed E-state index contributed by atoms with van der Waals surface area (Å²) < 4.78 is 5.53. The molecular formula is C16H21NO3. The molecular weight excluding hydrogens is 254 g/mol. The van der Waals surface area contributed by atoms with Gasteiger partial charge in [-0.1, -0.05) is 18.2 Å². The van der Waals surface area contributed by atoms with Gasteiger partial charge in [-0.2, -0.15) is 0 Å². The Labute approximate surface area is 119 Å². The van der Waals surface area contributed by atoms with Gasteiger partial charge in [-0.25, -0.2) is 0 Å². The number of para-hydroxylation sites is 1. The maximum Gasteiger partial charge on any atom is 0.225 e. The van der Waals surface area contributed by atoms with E-state index in [0.717, 1.165) is 18.6 Å². The molecule has 1 aromatic rings. The minimum Gasteiger partial charge on any atom is -0.493 e. The highest BCUT2D eigenvalue weighted by atomic mass is 16.5. The maximum atomic E-state index is 12.1. The van der Waals surface area contributed by atoms with Crippen molar-refractivity contribution in [2.24, 2.45) is 0 Å². The molecule has 0 N–H and O–H groups in total. The summed E-state index contributed by atoms with van der Waals surface area (Å²) in [5.41, 5.74) is 0. The molecule has 20 heavy (non-hydrogen) atoms. The summed E-state index contributed by atoms with van der Waals surface area (Å²) in [7, 11) is 1.82. The predicted octanol–water partition coefficient (Wildman–Crippen LogP) is 2.43. The van der Waals surface area contributed by atoms with Crippen LogP contribution in [0.5, 0.6) is 5.75 Å². The first-order valence-electron chi connectivity index (χ1n) is 7.12. The van der Waals surface area contributed by atoms with E-state index in [0.29, 0.717) is 31.7 Å². The minimum absolute atomic E-state index is 0.0836. The van der Waals surface area contributed by atoms with Crippen molar-refractivity contribution in [3.63, 3.8) is 0 Å². The smallest absolute Gasteiger partial charge is 0.225 e. The quantitative estimate of drug-likeness (QED) is 0.829. The Morgan fingerprint density at radius 3 is 2.55 bits per heavy atom. The average Bonchev–Trinajstić information content (AvgIpc) is 2.48. The van der Waals surface area contributed by atoms with Crippen molar-refractivity contribution in [3.8, 4) is 5.75 Å². The summed E-state index contributed by atoms with van der Waals surface area (Å²) in [5, 5.41) is 0. The SMILES string of the molecule is CN(C(=O)CCOc1ccccc1)C1CCC(=O)CC1. The summed E-state index contributed by atoms with van der Waals surface area (Å²) in [6.45, 7) is 0.388. The van der Waals surface area contributed by atoms with E-state index in [1.807, 2.05) is 37.4 Å². The number of amides is 1. The van der Waals surface area contributed by atoms with Crippen LogP contribution in [0.25, 0.3) is 0 Å². The van der Waals surface area contributed by atoms with E-state index in [1.54, 1.807) is 4.90 Å². The van der Waals surface area contributed by atoms with Gasteiger partial charge in [0.25, 0.3) is 0 Å². The molecule has 1 saturated carbocycles. The highest BCUT2D eigenvalue weighted by molar-refractivity contribution is 5.80. The van der Waals surface area contributed by atoms with Crippen LogP contribution in [0.4, 0.5) is 0 Å². The first-order chi connectivity index (χ1) is 9.66. The zero-order chi connectivity index (χ0) is 14.4. The van der Waals surface area contributed by atoms with Crippen LogP contribution in [0.3, 0.4) is 0 Å². The summed E-state index contributed by atoms with van der Waals surface area (Å²) in [6, 6.07) is 9.69. The largest absolute Gasteiger partial charge is 0.493 e. The monoisotopic (exact) mass is 275 g/mol. The zero-order valence-electron chi connectivity index (χ0n) is 11.9. The van der Waals surface area contributed by atoms with Crippen LogP contribution in [0.2, 0.25) is 0 Å². The lowest BCUT2D eigenvalue weighted by molar-refractivity contribution is -0.134. The molecule has 1 aliphatic carbocycles. The number of hydrogen-bond acceptors (Lipinski definition) is 3. The number of carbonyl (C=O) groups is 2. The van der Waals surface area contributed by atoms with Gasteiger partial charge in [0.05, 0.1) is 13.0 Å². The van der Waals surface area contributed by atoms with Gasteiger partial charge >= 0.3 is 0 Å². The third kappa shape index (κ3) is 4.08. The number of benzene rings is 1. The van der Waals surface area contributed by atoms with Crippen molar-refractivity contribution in [2.45, 2.75) is 38.1 Å². The van der Waals surface area contributed by atoms with Crippen molar-refractivity contribution >= 4 is 11.7 Å². The molecule has 2 rings (SSSR count). The van der Waals surface area contributed by atoms with E-state index in [9.17, 15) is 9.59 Å². The lowest BCUT2D eigenvalue weighted by Gasteiger charge is -2.30. The molecule has 0 aliphatic heterocycles. The van der Waals surface area contributed by atoms with E-state index in [1.165, 1.54) is 0 Å². The number of ketones is 1. The second kappa shape index (κ2) is 7.08. The van der Waals surface area contributed by atoms with Crippen LogP contribution >= 0.6 is 0 Å². The Balaban J connectivity index is 1.72. The number of ether oxygens (including phenoxy) is 1. The van der Waals surface area contributed by atoms with Crippen molar-refractivity contribution in [1.82, 2.24) is 4.90 Å². The van der Waals surface area contributed by atoms with Gasteiger partial charge in [-0.3, -0.25) is 9.59 Å². The third-order valence-electron chi connectivity index (χ3n) is 3.78. The Hall–Kier alpha value is -1.84. The van der Waals surface area contributed by atoms with Crippen LogP contribution in [0.1, 0.15) is 32.1 Å². The summed E-state index contributed by atoms with van der Waals surface area (Å²) >= 11 is 0. The molecule has 0 heterocycles. The second-order valence-electron chi connectivity index (χ2n) is 5.19. The van der Waals surface area contributed by atoms with Crippen LogP contribution < -0.4 is 4.74 Å². The Morgan fingerprint density at radius 1 is 1.25 bits per heavy atom. The molecule has 0 aromatic heterocycles. The van der Waals surface area contributed by atoms with E-state index >= 15 is 0 Å². The van der Waals surface area contributed by atoms with Crippen molar-refractivity contribution < 1.29 is 14.3 Å². The second-order valence-corrected chi connectivity index (χ2v) is 5.19. The summed E-state index contributed by atoms with van der Waals surface area (Å²) in [6.07, 6.45) is 3.16. The van der Waals surface area contributed by atoms with E-state index in [2.05, 4.69) is 0 Å². The molecule has 0 bridgehead atoms. The molecule has 0 unspecified atom stereocenters. The zero-order valence-corrected chi connectivity index (χ0v) is 11.9. The Kier molecular flexibility index (Phi) is 5.16. The minimum atomic E-state index is 0.0836. The molecule has 0 spiro atoms. The standard InChI is InChI=1S/C16H21NO3/c1-17(13-7-9-14(18)10-8-13)16(19)11-12-20-15-5-3-2-4-6-15/h2-6,13H,7-12H2,1H3. The topological polar surface area (TPSA) is 46.6 Å². The molecule has 1 fully saturated rings. The van der Waals surface area contributed by atoms with Crippen LogP contribution in [0.15, 0.2) is 30.3 Å². The van der Waals surface area contributed by atoms with Gasteiger partial charge in [0, 0.05) is 25.9 Å². The number of carbonyl (C=O) groups excluding carboxylic acids is 2. The van der Waals surface area contributed by atoms with Gasteiger partial charge in [0.15, 0.2) is 0 Å².